The van der Waals surface area contributed by atoms with E-state index < -0.39 is 0 Å². The first-order valence-electron chi connectivity index (χ1n) is 4.83. The Hall–Kier alpha value is -2.22. The lowest BCUT2D eigenvalue weighted by atomic mass is 10.5. The number of anilines is 1. The lowest BCUT2D eigenvalue weighted by Crippen LogP contribution is -2.21. The number of rotatable bonds is 2. The van der Waals surface area contributed by atoms with Crippen molar-refractivity contribution in [1.29, 1.82) is 0 Å². The smallest absolute Gasteiger partial charge is 0.350 e. The zero-order valence-electron chi connectivity index (χ0n) is 8.65. The van der Waals surface area contributed by atoms with Gasteiger partial charge in [-0.25, -0.2) is 18.9 Å². The number of hydrogen-bond acceptors (Lipinski definition) is 6. The Morgan fingerprint density at radius 1 is 1.47 bits per heavy atom. The lowest BCUT2D eigenvalue weighted by molar-refractivity contribution is 0.649. The van der Waals surface area contributed by atoms with Crippen molar-refractivity contribution in [2.75, 3.05) is 5.73 Å². The van der Waals surface area contributed by atoms with E-state index in [1.807, 2.05) is 5.38 Å². The van der Waals surface area contributed by atoms with Gasteiger partial charge in [0.1, 0.15) is 0 Å². The van der Waals surface area contributed by atoms with Gasteiger partial charge < -0.3 is 5.73 Å². The van der Waals surface area contributed by atoms with Gasteiger partial charge in [0.2, 0.25) is 0 Å². The normalized spacial score (nSPS) is 11.1. The molecule has 3 heterocycles. The summed E-state index contributed by atoms with van der Waals surface area (Å²) in [5, 5.41) is 6.44. The first-order chi connectivity index (χ1) is 8.24. The standard InChI is InChI=1S/C9H8N6OS/c10-8-12-6(5-17-8)4-15-9(16)14-2-1-11-3-7(14)13-15/h1-3,5H,4H2,(H2,10,12). The third-order valence-corrected chi connectivity index (χ3v) is 2.99. The first-order valence-corrected chi connectivity index (χ1v) is 5.71. The Balaban J connectivity index is 2.06. The fraction of sp³-hybridized carbons (Fsp3) is 0.111. The maximum atomic E-state index is 11.9. The van der Waals surface area contributed by atoms with Gasteiger partial charge in [-0.05, 0) is 0 Å². The molecule has 2 N–H and O–H groups in total. The van der Waals surface area contributed by atoms with Gasteiger partial charge in [-0.1, -0.05) is 0 Å². The van der Waals surface area contributed by atoms with Gasteiger partial charge in [0.25, 0.3) is 0 Å². The van der Waals surface area contributed by atoms with Crippen molar-refractivity contribution in [3.05, 3.63) is 40.1 Å². The van der Waals surface area contributed by atoms with Gasteiger partial charge in [0.15, 0.2) is 10.8 Å². The van der Waals surface area contributed by atoms with Crippen molar-refractivity contribution in [2.24, 2.45) is 0 Å². The van der Waals surface area contributed by atoms with Crippen molar-refractivity contribution >= 4 is 22.1 Å². The fourth-order valence-corrected chi connectivity index (χ4v) is 2.09. The molecular formula is C9H8N6OS. The summed E-state index contributed by atoms with van der Waals surface area (Å²) in [5.41, 5.74) is 6.56. The largest absolute Gasteiger partial charge is 0.375 e. The summed E-state index contributed by atoms with van der Waals surface area (Å²) in [6.07, 6.45) is 4.66. The molecule has 86 valence electrons. The Labute approximate surface area is 99.2 Å². The number of aromatic nitrogens is 5. The Bertz CT molecular complexity index is 726. The molecule has 0 bridgehead atoms. The molecule has 3 aromatic heterocycles. The van der Waals surface area contributed by atoms with E-state index in [0.29, 0.717) is 17.3 Å². The predicted molar refractivity (Wildman–Crippen MR) is 62.9 cm³/mol. The summed E-state index contributed by atoms with van der Waals surface area (Å²) in [5.74, 6) is 0. The van der Waals surface area contributed by atoms with Crippen LogP contribution in [0, 0.1) is 0 Å². The number of fused-ring (bicyclic) bond motifs is 1. The minimum absolute atomic E-state index is 0.214. The molecule has 0 amide bonds. The second kappa shape index (κ2) is 3.67. The molecule has 0 aliphatic carbocycles. The van der Waals surface area contributed by atoms with E-state index in [-0.39, 0.29) is 5.69 Å². The van der Waals surface area contributed by atoms with Gasteiger partial charge in [-0.15, -0.1) is 16.4 Å². The highest BCUT2D eigenvalue weighted by molar-refractivity contribution is 7.13. The highest BCUT2D eigenvalue weighted by Gasteiger charge is 2.08. The highest BCUT2D eigenvalue weighted by atomic mass is 32.1. The van der Waals surface area contributed by atoms with Crippen molar-refractivity contribution in [3.8, 4) is 0 Å². The van der Waals surface area contributed by atoms with Crippen LogP contribution in [0.2, 0.25) is 0 Å². The molecule has 3 rings (SSSR count). The van der Waals surface area contributed by atoms with E-state index in [1.54, 1.807) is 12.4 Å². The van der Waals surface area contributed by atoms with Crippen LogP contribution >= 0.6 is 11.3 Å². The van der Waals surface area contributed by atoms with E-state index in [9.17, 15) is 4.79 Å². The highest BCUT2D eigenvalue weighted by Crippen LogP contribution is 2.11. The van der Waals surface area contributed by atoms with E-state index in [0.717, 1.165) is 5.69 Å². The van der Waals surface area contributed by atoms with Crippen LogP contribution in [-0.4, -0.2) is 24.1 Å². The zero-order valence-corrected chi connectivity index (χ0v) is 9.46. The van der Waals surface area contributed by atoms with Gasteiger partial charge in [-0.3, -0.25) is 4.98 Å². The third kappa shape index (κ3) is 1.68. The van der Waals surface area contributed by atoms with Crippen molar-refractivity contribution in [3.63, 3.8) is 0 Å². The fourth-order valence-electron chi connectivity index (χ4n) is 1.53. The molecule has 0 aliphatic heterocycles. The molecule has 3 aromatic rings. The monoisotopic (exact) mass is 248 g/mol. The zero-order chi connectivity index (χ0) is 11.8. The number of thiazole rings is 1. The van der Waals surface area contributed by atoms with E-state index >= 15 is 0 Å². The summed E-state index contributed by atoms with van der Waals surface area (Å²) in [4.78, 5) is 19.9. The molecule has 0 atom stereocenters. The number of nitrogen functional groups attached to an aromatic ring is 1. The quantitative estimate of drug-likeness (QED) is 0.688. The van der Waals surface area contributed by atoms with Crippen molar-refractivity contribution in [2.45, 2.75) is 6.54 Å². The SMILES string of the molecule is Nc1nc(Cn2nc3cnccn3c2=O)cs1. The Morgan fingerprint density at radius 3 is 3.06 bits per heavy atom. The molecule has 0 spiro atoms. The number of nitrogens with zero attached hydrogens (tertiary/aromatic N) is 5. The van der Waals surface area contributed by atoms with Gasteiger partial charge in [-0.2, -0.15) is 0 Å². The average molecular weight is 248 g/mol. The second-order valence-electron chi connectivity index (χ2n) is 3.42. The van der Waals surface area contributed by atoms with Gasteiger partial charge >= 0.3 is 5.69 Å². The van der Waals surface area contributed by atoms with Crippen LogP contribution in [0.25, 0.3) is 5.65 Å². The molecule has 8 heteroatoms. The van der Waals surface area contributed by atoms with Gasteiger partial charge in [0.05, 0.1) is 18.4 Å². The first kappa shape index (κ1) is 9.97. The summed E-state index contributed by atoms with van der Waals surface area (Å²) in [6, 6.07) is 0. The van der Waals surface area contributed by atoms with E-state index in [1.165, 1.54) is 26.6 Å². The second-order valence-corrected chi connectivity index (χ2v) is 4.31. The van der Waals surface area contributed by atoms with Crippen LogP contribution in [0.1, 0.15) is 5.69 Å². The Morgan fingerprint density at radius 2 is 2.35 bits per heavy atom. The summed E-state index contributed by atoms with van der Waals surface area (Å²) in [7, 11) is 0. The summed E-state index contributed by atoms with van der Waals surface area (Å²) in [6.45, 7) is 0.314. The van der Waals surface area contributed by atoms with E-state index in [2.05, 4.69) is 15.1 Å². The van der Waals surface area contributed by atoms with Crippen LogP contribution in [-0.2, 0) is 6.54 Å². The Kier molecular flexibility index (Phi) is 2.15. The predicted octanol–water partition coefficient (Wildman–Crippen LogP) is -0.0220. The minimum Gasteiger partial charge on any atom is -0.375 e. The maximum absolute atomic E-state index is 11.9. The van der Waals surface area contributed by atoms with Crippen LogP contribution in [0.5, 0.6) is 0 Å². The molecule has 0 saturated heterocycles. The summed E-state index contributed by atoms with van der Waals surface area (Å²) >= 11 is 1.34. The molecule has 0 aromatic carbocycles. The number of nitrogens with two attached hydrogens (primary N) is 1. The maximum Gasteiger partial charge on any atom is 0.350 e. The molecule has 0 radical (unpaired) electrons. The lowest BCUT2D eigenvalue weighted by Gasteiger charge is -1.93. The molecule has 0 unspecified atom stereocenters. The molecular weight excluding hydrogens is 240 g/mol. The van der Waals surface area contributed by atoms with Gasteiger partial charge in [0, 0.05) is 17.8 Å². The molecule has 0 fully saturated rings. The average Bonchev–Trinajstić information content (AvgIpc) is 2.86. The summed E-state index contributed by atoms with van der Waals surface area (Å²) < 4.78 is 2.77. The van der Waals surface area contributed by atoms with E-state index in [4.69, 9.17) is 5.73 Å². The van der Waals surface area contributed by atoms with Crippen molar-refractivity contribution in [1.82, 2.24) is 24.1 Å². The molecule has 17 heavy (non-hydrogen) atoms. The molecule has 0 saturated carbocycles. The third-order valence-electron chi connectivity index (χ3n) is 2.27. The van der Waals surface area contributed by atoms with Crippen LogP contribution in [0.3, 0.4) is 0 Å². The number of hydrogen-bond donors (Lipinski definition) is 1. The molecule has 0 aliphatic rings. The van der Waals surface area contributed by atoms with Crippen LogP contribution in [0.15, 0.2) is 28.8 Å². The van der Waals surface area contributed by atoms with Crippen LogP contribution in [0.4, 0.5) is 5.13 Å². The molecule has 7 nitrogen and oxygen atoms in total. The van der Waals surface area contributed by atoms with Crippen LogP contribution < -0.4 is 11.4 Å². The topological polar surface area (TPSA) is 91.1 Å². The van der Waals surface area contributed by atoms with Crippen molar-refractivity contribution < 1.29 is 0 Å². The minimum atomic E-state index is -0.214.